The van der Waals surface area contributed by atoms with Gasteiger partial charge in [0, 0.05) is 49.8 Å². The number of aromatic nitrogens is 4. The Bertz CT molecular complexity index is 957. The molecule has 132 valence electrons. The molecule has 26 heavy (non-hydrogen) atoms. The van der Waals surface area contributed by atoms with Gasteiger partial charge in [-0.05, 0) is 30.3 Å². The lowest BCUT2D eigenvalue weighted by atomic mass is 10.0. The van der Waals surface area contributed by atoms with Crippen LogP contribution in [0.25, 0.3) is 11.0 Å². The van der Waals surface area contributed by atoms with E-state index in [9.17, 15) is 4.79 Å². The molecular formula is C18H17ClN6O. The topological polar surface area (TPSA) is 78.0 Å². The Morgan fingerprint density at radius 2 is 1.81 bits per heavy atom. The number of carbonyl (C=O) groups excluding carboxylic acids is 1. The molecule has 2 aliphatic heterocycles. The summed E-state index contributed by atoms with van der Waals surface area (Å²) in [5.74, 6) is 1.98. The number of nitrogens with one attached hydrogen (secondary N) is 1. The molecular weight excluding hydrogens is 352 g/mol. The number of fused-ring (bicyclic) bond motifs is 2. The van der Waals surface area contributed by atoms with Gasteiger partial charge < -0.3 is 9.80 Å². The molecule has 1 N–H and O–H groups in total. The predicted molar refractivity (Wildman–Crippen MR) is 98.2 cm³/mol. The van der Waals surface area contributed by atoms with E-state index in [1.165, 1.54) is 0 Å². The number of carbonyl (C=O) groups is 1. The van der Waals surface area contributed by atoms with Crippen molar-refractivity contribution in [3.8, 4) is 0 Å². The van der Waals surface area contributed by atoms with Gasteiger partial charge in [-0.1, -0.05) is 11.6 Å². The van der Waals surface area contributed by atoms with Gasteiger partial charge in [-0.25, -0.2) is 4.98 Å². The van der Waals surface area contributed by atoms with Gasteiger partial charge in [-0.15, -0.1) is 0 Å². The van der Waals surface area contributed by atoms with Crippen molar-refractivity contribution in [2.75, 3.05) is 31.1 Å². The number of benzene rings is 1. The Morgan fingerprint density at radius 1 is 1.04 bits per heavy atom. The average molecular weight is 369 g/mol. The molecule has 5 rings (SSSR count). The van der Waals surface area contributed by atoms with Crippen LogP contribution in [0.15, 0.2) is 36.5 Å². The van der Waals surface area contributed by atoms with Crippen LogP contribution in [0.3, 0.4) is 0 Å². The average Bonchev–Trinajstić information content (AvgIpc) is 3.35. The molecule has 1 aromatic carbocycles. The summed E-state index contributed by atoms with van der Waals surface area (Å²) < 4.78 is 0. The third-order valence-electron chi connectivity index (χ3n) is 5.37. The van der Waals surface area contributed by atoms with Crippen LogP contribution in [0.5, 0.6) is 0 Å². The Kier molecular flexibility index (Phi) is 3.56. The monoisotopic (exact) mass is 368 g/mol. The normalized spacial score (nSPS) is 22.2. The van der Waals surface area contributed by atoms with E-state index in [1.54, 1.807) is 12.3 Å². The number of hydrogen-bond acceptors (Lipinski definition) is 5. The Balaban J connectivity index is 1.28. The zero-order chi connectivity index (χ0) is 17.7. The van der Waals surface area contributed by atoms with Crippen LogP contribution in [-0.4, -0.2) is 57.4 Å². The molecule has 0 radical (unpaired) electrons. The number of H-pyrrole nitrogens is 1. The first-order chi connectivity index (χ1) is 12.7. The number of amides is 1. The molecule has 1 amide bonds. The maximum Gasteiger partial charge on any atom is 0.253 e. The van der Waals surface area contributed by atoms with Gasteiger partial charge in [0.05, 0.1) is 5.02 Å². The zero-order valence-corrected chi connectivity index (χ0v) is 14.7. The maximum atomic E-state index is 12.9. The number of nitrogens with zero attached hydrogens (tertiary/aromatic N) is 5. The van der Waals surface area contributed by atoms with Crippen molar-refractivity contribution in [2.24, 2.45) is 11.8 Å². The molecule has 2 unspecified atom stereocenters. The SMILES string of the molecule is O=C(c1ccc2n[nH]nc2c1)N1CC2CN(c3ccc(Cl)cn3)CC2C1. The molecule has 0 saturated carbocycles. The van der Waals surface area contributed by atoms with E-state index in [2.05, 4.69) is 25.3 Å². The Labute approximate surface area is 155 Å². The smallest absolute Gasteiger partial charge is 0.253 e. The summed E-state index contributed by atoms with van der Waals surface area (Å²) in [4.78, 5) is 21.5. The van der Waals surface area contributed by atoms with Gasteiger partial charge in [-0.3, -0.25) is 4.79 Å². The molecule has 7 nitrogen and oxygen atoms in total. The summed E-state index contributed by atoms with van der Waals surface area (Å²) in [5, 5.41) is 11.3. The second kappa shape index (κ2) is 5.95. The fourth-order valence-electron chi connectivity index (χ4n) is 4.06. The standard InChI is InChI=1S/C18H17ClN6O/c19-14-2-4-17(20-6-14)24-7-12-9-25(10-13(12)8-24)18(26)11-1-3-15-16(5-11)22-23-21-15/h1-6,12-13H,7-10H2,(H,21,22,23). The maximum absolute atomic E-state index is 12.9. The summed E-state index contributed by atoms with van der Waals surface area (Å²) >= 11 is 5.92. The van der Waals surface area contributed by atoms with E-state index in [1.807, 2.05) is 29.2 Å². The van der Waals surface area contributed by atoms with Gasteiger partial charge in [-0.2, -0.15) is 15.4 Å². The molecule has 2 fully saturated rings. The van der Waals surface area contributed by atoms with Crippen LogP contribution in [0.2, 0.25) is 5.02 Å². The molecule has 2 aliphatic rings. The van der Waals surface area contributed by atoms with E-state index in [4.69, 9.17) is 11.6 Å². The van der Waals surface area contributed by atoms with Gasteiger partial charge in [0.15, 0.2) is 0 Å². The number of anilines is 1. The summed E-state index contributed by atoms with van der Waals surface area (Å²) in [7, 11) is 0. The molecule has 4 heterocycles. The minimum absolute atomic E-state index is 0.0699. The molecule has 2 aromatic heterocycles. The van der Waals surface area contributed by atoms with E-state index in [0.717, 1.165) is 43.0 Å². The summed E-state index contributed by atoms with van der Waals surface area (Å²) in [6.45, 7) is 3.41. The molecule has 3 aromatic rings. The van der Waals surface area contributed by atoms with Crippen LogP contribution < -0.4 is 4.90 Å². The van der Waals surface area contributed by atoms with E-state index >= 15 is 0 Å². The fourth-order valence-corrected chi connectivity index (χ4v) is 4.17. The van der Waals surface area contributed by atoms with E-state index < -0.39 is 0 Å². The summed E-state index contributed by atoms with van der Waals surface area (Å²) in [6.07, 6.45) is 1.68. The van der Waals surface area contributed by atoms with E-state index in [0.29, 0.717) is 22.4 Å². The highest BCUT2D eigenvalue weighted by Crippen LogP contribution is 2.34. The van der Waals surface area contributed by atoms with Crippen molar-refractivity contribution in [1.29, 1.82) is 0 Å². The first kappa shape index (κ1) is 15.6. The molecule has 2 saturated heterocycles. The first-order valence-corrected chi connectivity index (χ1v) is 9.01. The van der Waals surface area contributed by atoms with Crippen molar-refractivity contribution < 1.29 is 4.79 Å². The van der Waals surface area contributed by atoms with Crippen LogP contribution in [-0.2, 0) is 0 Å². The minimum Gasteiger partial charge on any atom is -0.356 e. The highest BCUT2D eigenvalue weighted by molar-refractivity contribution is 6.30. The zero-order valence-electron chi connectivity index (χ0n) is 14.0. The molecule has 0 aliphatic carbocycles. The summed E-state index contributed by atoms with van der Waals surface area (Å²) in [5.41, 5.74) is 2.16. The van der Waals surface area contributed by atoms with Crippen molar-refractivity contribution in [3.05, 3.63) is 47.1 Å². The number of hydrogen-bond donors (Lipinski definition) is 1. The van der Waals surface area contributed by atoms with Crippen LogP contribution in [0, 0.1) is 11.8 Å². The van der Waals surface area contributed by atoms with Crippen molar-refractivity contribution >= 4 is 34.4 Å². The molecule has 2 atom stereocenters. The lowest BCUT2D eigenvalue weighted by Crippen LogP contribution is -2.33. The number of pyridine rings is 1. The highest BCUT2D eigenvalue weighted by Gasteiger charge is 2.42. The van der Waals surface area contributed by atoms with Crippen molar-refractivity contribution in [3.63, 3.8) is 0 Å². The van der Waals surface area contributed by atoms with Crippen LogP contribution in [0.1, 0.15) is 10.4 Å². The molecule has 0 spiro atoms. The van der Waals surface area contributed by atoms with Crippen molar-refractivity contribution in [2.45, 2.75) is 0 Å². The first-order valence-electron chi connectivity index (χ1n) is 8.64. The van der Waals surface area contributed by atoms with Gasteiger partial charge in [0.2, 0.25) is 0 Å². The molecule has 0 bridgehead atoms. The second-order valence-corrected chi connectivity index (χ2v) is 7.43. The van der Waals surface area contributed by atoms with Crippen LogP contribution in [0.4, 0.5) is 5.82 Å². The fraction of sp³-hybridized carbons (Fsp3) is 0.333. The van der Waals surface area contributed by atoms with Crippen LogP contribution >= 0.6 is 11.6 Å². The number of rotatable bonds is 2. The summed E-state index contributed by atoms with van der Waals surface area (Å²) in [6, 6.07) is 9.29. The number of halogens is 1. The quantitative estimate of drug-likeness (QED) is 0.750. The minimum atomic E-state index is 0.0699. The van der Waals surface area contributed by atoms with Gasteiger partial charge in [0.1, 0.15) is 16.9 Å². The largest absolute Gasteiger partial charge is 0.356 e. The lowest BCUT2D eigenvalue weighted by molar-refractivity contribution is 0.0782. The third kappa shape index (κ3) is 2.59. The number of aromatic amines is 1. The predicted octanol–water partition coefficient (Wildman–Crippen LogP) is 2.21. The highest BCUT2D eigenvalue weighted by atomic mass is 35.5. The Hall–Kier alpha value is -2.67. The second-order valence-electron chi connectivity index (χ2n) is 7.00. The Morgan fingerprint density at radius 3 is 2.54 bits per heavy atom. The van der Waals surface area contributed by atoms with Gasteiger partial charge >= 0.3 is 0 Å². The third-order valence-corrected chi connectivity index (χ3v) is 5.60. The number of likely N-dealkylation sites (tertiary alicyclic amines) is 1. The molecule has 8 heteroatoms. The van der Waals surface area contributed by atoms with Gasteiger partial charge in [0.25, 0.3) is 5.91 Å². The van der Waals surface area contributed by atoms with Crippen molar-refractivity contribution in [1.82, 2.24) is 25.3 Å². The van der Waals surface area contributed by atoms with E-state index in [-0.39, 0.29) is 5.91 Å². The lowest BCUT2D eigenvalue weighted by Gasteiger charge is -2.22.